The zero-order valence-corrected chi connectivity index (χ0v) is 13.2. The Hall–Kier alpha value is -2.57. The predicted octanol–water partition coefficient (Wildman–Crippen LogP) is 0.647. The number of carbonyl (C=O) groups excluding carboxylic acids is 2. The van der Waals surface area contributed by atoms with E-state index in [1.807, 2.05) is 30.3 Å². The van der Waals surface area contributed by atoms with Gasteiger partial charge in [-0.2, -0.15) is 0 Å². The molecule has 2 N–H and O–H groups in total. The van der Waals surface area contributed by atoms with Gasteiger partial charge in [-0.05, 0) is 25.0 Å². The second kappa shape index (κ2) is 6.51. The summed E-state index contributed by atoms with van der Waals surface area (Å²) in [5.41, 5.74) is -1.27. The minimum absolute atomic E-state index is 0.0582. The molecule has 1 saturated carbocycles. The molecule has 2 amide bonds. The van der Waals surface area contributed by atoms with Crippen LogP contribution in [0, 0.1) is 5.41 Å². The van der Waals surface area contributed by atoms with Gasteiger partial charge in [-0.25, -0.2) is 0 Å². The summed E-state index contributed by atoms with van der Waals surface area (Å²) in [4.78, 5) is 36.9. The average Bonchev–Trinajstić information content (AvgIpc) is 3.30. The van der Waals surface area contributed by atoms with Gasteiger partial charge in [0.05, 0.1) is 12.6 Å². The van der Waals surface area contributed by atoms with Gasteiger partial charge >= 0.3 is 5.97 Å². The van der Waals surface area contributed by atoms with Crippen molar-refractivity contribution in [1.82, 2.24) is 10.2 Å². The van der Waals surface area contributed by atoms with Crippen molar-refractivity contribution in [2.75, 3.05) is 19.7 Å². The van der Waals surface area contributed by atoms with E-state index < -0.39 is 17.3 Å². The first-order chi connectivity index (χ1) is 11.5. The van der Waals surface area contributed by atoms with Gasteiger partial charge in [0, 0.05) is 13.0 Å². The van der Waals surface area contributed by atoms with E-state index >= 15 is 0 Å². The lowest BCUT2D eigenvalue weighted by atomic mass is 10.1. The number of hydrogen-bond donors (Lipinski definition) is 2. The molecule has 2 aliphatic rings. The summed E-state index contributed by atoms with van der Waals surface area (Å²) in [5.74, 6) is -0.879. The first kappa shape index (κ1) is 16.3. The first-order valence-electron chi connectivity index (χ1n) is 8.01. The van der Waals surface area contributed by atoms with E-state index in [4.69, 9.17) is 9.84 Å². The quantitative estimate of drug-likeness (QED) is 0.715. The molecule has 128 valence electrons. The van der Waals surface area contributed by atoms with Crippen LogP contribution in [0.5, 0.6) is 5.75 Å². The Morgan fingerprint density at radius 1 is 1.29 bits per heavy atom. The van der Waals surface area contributed by atoms with E-state index in [0.29, 0.717) is 32.5 Å². The number of amides is 2. The SMILES string of the molecule is O=C1CC(NC(=O)C2(C(=O)O)CC2)CN1CCOc1ccccc1. The highest BCUT2D eigenvalue weighted by atomic mass is 16.5. The first-order valence-corrected chi connectivity index (χ1v) is 8.01. The molecular formula is C17H20N2O5. The molecule has 24 heavy (non-hydrogen) atoms. The van der Waals surface area contributed by atoms with Crippen molar-refractivity contribution in [3.63, 3.8) is 0 Å². The number of rotatable bonds is 7. The third-order valence-electron chi connectivity index (χ3n) is 4.52. The molecule has 7 nitrogen and oxygen atoms in total. The fourth-order valence-electron chi connectivity index (χ4n) is 2.86. The van der Waals surface area contributed by atoms with Gasteiger partial charge in [0.2, 0.25) is 11.8 Å². The molecule has 1 heterocycles. The lowest BCUT2D eigenvalue weighted by molar-refractivity contribution is -0.149. The number of nitrogens with zero attached hydrogens (tertiary/aromatic N) is 1. The van der Waals surface area contributed by atoms with E-state index in [1.165, 1.54) is 0 Å². The Balaban J connectivity index is 1.45. The standard InChI is InChI=1S/C17H20N2O5/c20-14-10-12(18-15(21)17(6-7-17)16(22)23)11-19(14)8-9-24-13-4-2-1-3-5-13/h1-5,12H,6-11H2,(H,18,21)(H,22,23). The Kier molecular flexibility index (Phi) is 4.42. The minimum Gasteiger partial charge on any atom is -0.492 e. The maximum atomic E-state index is 12.1. The van der Waals surface area contributed by atoms with Gasteiger partial charge in [-0.3, -0.25) is 14.4 Å². The predicted molar refractivity (Wildman–Crippen MR) is 84.4 cm³/mol. The highest BCUT2D eigenvalue weighted by Crippen LogP contribution is 2.46. The fraction of sp³-hybridized carbons (Fsp3) is 0.471. The Morgan fingerprint density at radius 2 is 2.00 bits per heavy atom. The Morgan fingerprint density at radius 3 is 2.62 bits per heavy atom. The van der Waals surface area contributed by atoms with Crippen molar-refractivity contribution in [1.29, 1.82) is 0 Å². The molecule has 1 aliphatic heterocycles. The van der Waals surface area contributed by atoms with Crippen LogP contribution in [0.3, 0.4) is 0 Å². The van der Waals surface area contributed by atoms with Crippen LogP contribution in [0.4, 0.5) is 0 Å². The van der Waals surface area contributed by atoms with Gasteiger partial charge in [0.25, 0.3) is 0 Å². The van der Waals surface area contributed by atoms with Gasteiger partial charge < -0.3 is 20.1 Å². The summed E-state index contributed by atoms with van der Waals surface area (Å²) in [6.07, 6.45) is 0.930. The number of carboxylic acid groups (broad SMARTS) is 1. The zero-order valence-electron chi connectivity index (χ0n) is 13.2. The number of aliphatic carboxylic acids is 1. The van der Waals surface area contributed by atoms with Gasteiger partial charge in [-0.15, -0.1) is 0 Å². The molecule has 1 aliphatic carbocycles. The zero-order chi connectivity index (χ0) is 17.2. The maximum absolute atomic E-state index is 12.1. The van der Waals surface area contributed by atoms with Gasteiger partial charge in [-0.1, -0.05) is 18.2 Å². The number of ether oxygens (including phenoxy) is 1. The lowest BCUT2D eigenvalue weighted by Gasteiger charge is -2.18. The molecular weight excluding hydrogens is 312 g/mol. The summed E-state index contributed by atoms with van der Waals surface area (Å²) in [7, 11) is 0. The number of carboxylic acids is 1. The van der Waals surface area contributed by atoms with Crippen LogP contribution in [0.1, 0.15) is 19.3 Å². The molecule has 1 atom stereocenters. The molecule has 0 aromatic heterocycles. The monoisotopic (exact) mass is 332 g/mol. The van der Waals surface area contributed by atoms with Crippen molar-refractivity contribution < 1.29 is 24.2 Å². The smallest absolute Gasteiger partial charge is 0.319 e. The van der Waals surface area contributed by atoms with Crippen LogP contribution in [-0.4, -0.2) is 53.5 Å². The summed E-state index contributed by atoms with van der Waals surface area (Å²) in [6, 6.07) is 8.99. The van der Waals surface area contributed by atoms with Crippen LogP contribution in [0.15, 0.2) is 30.3 Å². The van der Waals surface area contributed by atoms with E-state index in [9.17, 15) is 14.4 Å². The number of likely N-dealkylation sites (tertiary alicyclic amines) is 1. The summed E-state index contributed by atoms with van der Waals surface area (Å²) in [6.45, 7) is 1.19. The number of benzene rings is 1. The van der Waals surface area contributed by atoms with E-state index in [0.717, 1.165) is 5.75 Å². The summed E-state index contributed by atoms with van der Waals surface area (Å²) >= 11 is 0. The van der Waals surface area contributed by atoms with Gasteiger partial charge in [0.15, 0.2) is 0 Å². The molecule has 3 rings (SSSR count). The molecule has 1 aromatic carbocycles. The highest BCUT2D eigenvalue weighted by Gasteiger charge is 2.57. The lowest BCUT2D eigenvalue weighted by Crippen LogP contribution is -2.44. The van der Waals surface area contributed by atoms with Crippen molar-refractivity contribution in [2.24, 2.45) is 5.41 Å². The number of hydrogen-bond acceptors (Lipinski definition) is 4. The van der Waals surface area contributed by atoms with Crippen LogP contribution in [0.2, 0.25) is 0 Å². The van der Waals surface area contributed by atoms with Crippen LogP contribution in [-0.2, 0) is 14.4 Å². The molecule has 2 fully saturated rings. The molecule has 1 saturated heterocycles. The van der Waals surface area contributed by atoms with E-state index in [-0.39, 0.29) is 18.4 Å². The fourth-order valence-corrected chi connectivity index (χ4v) is 2.86. The van der Waals surface area contributed by atoms with Crippen LogP contribution in [0.25, 0.3) is 0 Å². The highest BCUT2D eigenvalue weighted by molar-refractivity contribution is 6.05. The average molecular weight is 332 g/mol. The van der Waals surface area contributed by atoms with E-state index in [1.54, 1.807) is 4.90 Å². The Bertz CT molecular complexity index is 642. The number of nitrogens with one attached hydrogen (secondary N) is 1. The Labute approximate surface area is 139 Å². The van der Waals surface area contributed by atoms with Crippen molar-refractivity contribution >= 4 is 17.8 Å². The summed E-state index contributed by atoms with van der Waals surface area (Å²) in [5, 5.41) is 11.8. The van der Waals surface area contributed by atoms with Crippen molar-refractivity contribution in [3.05, 3.63) is 30.3 Å². The summed E-state index contributed by atoms with van der Waals surface area (Å²) < 4.78 is 5.57. The number of carbonyl (C=O) groups is 3. The largest absolute Gasteiger partial charge is 0.492 e. The third-order valence-corrected chi connectivity index (χ3v) is 4.52. The normalized spacial score (nSPS) is 21.4. The molecule has 7 heteroatoms. The van der Waals surface area contributed by atoms with Crippen molar-refractivity contribution in [3.8, 4) is 5.75 Å². The van der Waals surface area contributed by atoms with E-state index in [2.05, 4.69) is 5.32 Å². The second-order valence-corrected chi connectivity index (χ2v) is 6.26. The van der Waals surface area contributed by atoms with Gasteiger partial charge in [0.1, 0.15) is 17.8 Å². The topological polar surface area (TPSA) is 95.9 Å². The second-order valence-electron chi connectivity index (χ2n) is 6.26. The molecule has 0 radical (unpaired) electrons. The minimum atomic E-state index is -1.27. The van der Waals surface area contributed by atoms with Crippen molar-refractivity contribution in [2.45, 2.75) is 25.3 Å². The molecule has 0 spiro atoms. The number of para-hydroxylation sites is 1. The van der Waals surface area contributed by atoms with Crippen LogP contribution >= 0.6 is 0 Å². The maximum Gasteiger partial charge on any atom is 0.319 e. The van der Waals surface area contributed by atoms with Crippen LogP contribution < -0.4 is 10.1 Å². The molecule has 1 aromatic rings. The molecule has 0 bridgehead atoms. The third kappa shape index (κ3) is 3.34. The molecule has 1 unspecified atom stereocenters.